The van der Waals surface area contributed by atoms with E-state index in [1.54, 1.807) is 12.1 Å². The minimum Gasteiger partial charge on any atom is -0.475 e. The average Bonchev–Trinajstić information content (AvgIpc) is 2.66. The van der Waals surface area contributed by atoms with Gasteiger partial charge in [-0.2, -0.15) is 4.98 Å². The SMILES string of the molecule is CC1COc2nc(OCCO[Si](C)(C)C(C)(C)C)c(Cc3ccc(F)cc3)cc2N1. The Hall–Kier alpha value is -2.12. The molecule has 0 saturated carbocycles. The van der Waals surface area contributed by atoms with Crippen LogP contribution in [0.5, 0.6) is 11.8 Å². The molecule has 0 spiro atoms. The number of rotatable bonds is 7. The first-order valence-corrected chi connectivity index (χ1v) is 13.4. The lowest BCUT2D eigenvalue weighted by Crippen LogP contribution is -2.41. The molecule has 1 aliphatic heterocycles. The van der Waals surface area contributed by atoms with E-state index in [1.807, 2.05) is 6.07 Å². The average molecular weight is 433 g/mol. The van der Waals surface area contributed by atoms with Gasteiger partial charge in [-0.15, -0.1) is 0 Å². The summed E-state index contributed by atoms with van der Waals surface area (Å²) >= 11 is 0. The van der Waals surface area contributed by atoms with Crippen LogP contribution in [0.1, 0.15) is 38.8 Å². The fourth-order valence-electron chi connectivity index (χ4n) is 2.97. The molecular weight excluding hydrogens is 399 g/mol. The third-order valence-corrected chi connectivity index (χ3v) is 10.3. The first kappa shape index (κ1) is 22.6. The zero-order chi connectivity index (χ0) is 21.9. The minimum absolute atomic E-state index is 0.154. The van der Waals surface area contributed by atoms with Crippen LogP contribution in [0.15, 0.2) is 30.3 Å². The van der Waals surface area contributed by atoms with E-state index >= 15 is 0 Å². The van der Waals surface area contributed by atoms with E-state index in [2.05, 4.69) is 51.1 Å². The van der Waals surface area contributed by atoms with Gasteiger partial charge in [-0.1, -0.05) is 32.9 Å². The number of aromatic nitrogens is 1. The van der Waals surface area contributed by atoms with Crippen molar-refractivity contribution in [3.8, 4) is 11.8 Å². The fraction of sp³-hybridized carbons (Fsp3) is 0.522. The van der Waals surface area contributed by atoms with Gasteiger partial charge in [0.2, 0.25) is 11.8 Å². The molecule has 0 radical (unpaired) electrons. The van der Waals surface area contributed by atoms with Crippen molar-refractivity contribution < 1.29 is 18.3 Å². The van der Waals surface area contributed by atoms with Gasteiger partial charge in [0.15, 0.2) is 8.32 Å². The predicted molar refractivity (Wildman–Crippen MR) is 121 cm³/mol. The molecule has 0 saturated heterocycles. The number of halogens is 1. The number of fused-ring (bicyclic) bond motifs is 1. The lowest BCUT2D eigenvalue weighted by molar-refractivity contribution is 0.195. The largest absolute Gasteiger partial charge is 0.475 e. The van der Waals surface area contributed by atoms with Crippen molar-refractivity contribution in [2.45, 2.75) is 58.3 Å². The van der Waals surface area contributed by atoms with Gasteiger partial charge in [-0.05, 0) is 48.8 Å². The van der Waals surface area contributed by atoms with Gasteiger partial charge in [-0.3, -0.25) is 0 Å². The molecule has 0 aliphatic carbocycles. The molecule has 0 bridgehead atoms. The maximum atomic E-state index is 13.3. The lowest BCUT2D eigenvalue weighted by atomic mass is 10.1. The summed E-state index contributed by atoms with van der Waals surface area (Å²) in [5.74, 6) is 0.843. The van der Waals surface area contributed by atoms with Crippen molar-refractivity contribution in [3.63, 3.8) is 0 Å². The molecule has 2 heterocycles. The van der Waals surface area contributed by atoms with E-state index in [-0.39, 0.29) is 16.9 Å². The van der Waals surface area contributed by atoms with Gasteiger partial charge in [0, 0.05) is 12.0 Å². The van der Waals surface area contributed by atoms with Crippen molar-refractivity contribution in [1.29, 1.82) is 0 Å². The van der Waals surface area contributed by atoms with Crippen molar-refractivity contribution in [1.82, 2.24) is 4.98 Å². The minimum atomic E-state index is -1.82. The second-order valence-electron chi connectivity index (χ2n) is 9.42. The Morgan fingerprint density at radius 1 is 1.20 bits per heavy atom. The summed E-state index contributed by atoms with van der Waals surface area (Å²) < 4.78 is 31.3. The van der Waals surface area contributed by atoms with Gasteiger partial charge < -0.3 is 19.2 Å². The van der Waals surface area contributed by atoms with Gasteiger partial charge in [-0.25, -0.2) is 4.39 Å². The number of hydrogen-bond acceptors (Lipinski definition) is 5. The molecule has 2 aromatic rings. The summed E-state index contributed by atoms with van der Waals surface area (Å²) in [6, 6.07) is 8.74. The van der Waals surface area contributed by atoms with Crippen LogP contribution in [0.4, 0.5) is 10.1 Å². The first-order chi connectivity index (χ1) is 14.0. The van der Waals surface area contributed by atoms with Crippen LogP contribution in [0.2, 0.25) is 18.1 Å². The van der Waals surface area contributed by atoms with Crippen LogP contribution in [-0.2, 0) is 10.8 Å². The summed E-state index contributed by atoms with van der Waals surface area (Å²) in [6.45, 7) is 14.7. The van der Waals surface area contributed by atoms with Crippen LogP contribution >= 0.6 is 0 Å². The van der Waals surface area contributed by atoms with E-state index < -0.39 is 8.32 Å². The molecule has 30 heavy (non-hydrogen) atoms. The van der Waals surface area contributed by atoms with Crippen LogP contribution in [-0.4, -0.2) is 39.2 Å². The zero-order valence-corrected chi connectivity index (χ0v) is 19.8. The van der Waals surface area contributed by atoms with Crippen molar-refractivity contribution in [3.05, 3.63) is 47.3 Å². The first-order valence-electron chi connectivity index (χ1n) is 10.5. The summed E-state index contributed by atoms with van der Waals surface area (Å²) in [6.07, 6.45) is 0.592. The third kappa shape index (κ3) is 5.52. The molecule has 1 N–H and O–H groups in total. The summed E-state index contributed by atoms with van der Waals surface area (Å²) in [5.41, 5.74) is 2.78. The van der Waals surface area contributed by atoms with Crippen molar-refractivity contribution >= 4 is 14.0 Å². The molecule has 164 valence electrons. The van der Waals surface area contributed by atoms with Crippen molar-refractivity contribution in [2.24, 2.45) is 0 Å². The van der Waals surface area contributed by atoms with Crippen LogP contribution in [0, 0.1) is 5.82 Å². The summed E-state index contributed by atoms with van der Waals surface area (Å²) in [4.78, 5) is 4.62. The molecule has 0 fully saturated rings. The Kier molecular flexibility index (Phi) is 6.72. The topological polar surface area (TPSA) is 52.6 Å². The van der Waals surface area contributed by atoms with Gasteiger partial charge in [0.25, 0.3) is 0 Å². The van der Waals surface area contributed by atoms with E-state index in [1.165, 1.54) is 12.1 Å². The molecule has 1 unspecified atom stereocenters. The van der Waals surface area contributed by atoms with Crippen molar-refractivity contribution in [2.75, 3.05) is 25.1 Å². The Morgan fingerprint density at radius 3 is 2.57 bits per heavy atom. The Morgan fingerprint density at radius 2 is 1.90 bits per heavy atom. The molecule has 3 rings (SSSR count). The number of hydrogen-bond donors (Lipinski definition) is 1. The Labute approximate surface area is 180 Å². The highest BCUT2D eigenvalue weighted by molar-refractivity contribution is 6.74. The van der Waals surface area contributed by atoms with Crippen LogP contribution < -0.4 is 14.8 Å². The smallest absolute Gasteiger partial charge is 0.240 e. The number of pyridine rings is 1. The number of ether oxygens (including phenoxy) is 2. The molecule has 1 aliphatic rings. The lowest BCUT2D eigenvalue weighted by Gasteiger charge is -2.36. The molecular formula is C23H33FN2O3Si. The monoisotopic (exact) mass is 432 g/mol. The normalized spacial score (nSPS) is 16.4. The van der Waals surface area contributed by atoms with E-state index in [9.17, 15) is 4.39 Å². The molecule has 1 atom stereocenters. The van der Waals surface area contributed by atoms with E-state index in [0.29, 0.717) is 38.0 Å². The molecule has 1 aromatic heterocycles. The highest BCUT2D eigenvalue weighted by Crippen LogP contribution is 2.37. The maximum Gasteiger partial charge on any atom is 0.240 e. The molecule has 5 nitrogen and oxygen atoms in total. The number of nitrogens with zero attached hydrogens (tertiary/aromatic N) is 1. The number of benzene rings is 1. The number of nitrogens with one attached hydrogen (secondary N) is 1. The predicted octanol–water partition coefficient (Wildman–Crippen LogP) is 5.40. The summed E-state index contributed by atoms with van der Waals surface area (Å²) in [7, 11) is -1.82. The van der Waals surface area contributed by atoms with Crippen LogP contribution in [0.3, 0.4) is 0 Å². The number of anilines is 1. The third-order valence-electron chi connectivity index (χ3n) is 5.80. The van der Waals surface area contributed by atoms with Crippen LogP contribution in [0.25, 0.3) is 0 Å². The van der Waals surface area contributed by atoms with Gasteiger partial charge in [0.1, 0.15) is 19.0 Å². The second kappa shape index (κ2) is 8.94. The van der Waals surface area contributed by atoms with E-state index in [4.69, 9.17) is 13.9 Å². The second-order valence-corrected chi connectivity index (χ2v) is 14.2. The molecule has 1 aromatic carbocycles. The fourth-order valence-corrected chi connectivity index (χ4v) is 4.00. The van der Waals surface area contributed by atoms with Gasteiger partial charge >= 0.3 is 0 Å². The quantitative estimate of drug-likeness (QED) is 0.469. The standard InChI is InChI=1S/C23H33FN2O3Si/c1-16-15-28-22-20(25-16)14-18(13-17-7-9-19(24)10-8-17)21(26-22)27-11-12-29-30(5,6)23(2,3)4/h7-10,14,16,25H,11-13,15H2,1-6H3. The highest BCUT2D eigenvalue weighted by Gasteiger charge is 2.37. The zero-order valence-electron chi connectivity index (χ0n) is 18.8. The summed E-state index contributed by atoms with van der Waals surface area (Å²) in [5, 5.41) is 3.56. The molecule has 0 amide bonds. The Bertz CT molecular complexity index is 866. The Balaban J connectivity index is 1.75. The molecule has 7 heteroatoms. The maximum absolute atomic E-state index is 13.3. The van der Waals surface area contributed by atoms with Gasteiger partial charge in [0.05, 0.1) is 18.3 Å². The highest BCUT2D eigenvalue weighted by atomic mass is 28.4. The van der Waals surface area contributed by atoms with E-state index in [0.717, 1.165) is 16.8 Å².